The third-order valence-electron chi connectivity index (χ3n) is 4.10. The van der Waals surface area contributed by atoms with Crippen molar-refractivity contribution in [3.8, 4) is 0 Å². The SMILES string of the molecule is CC(=O)O[C@@]1(C(C)=O)C[C@H](c2ccc(Br)cc2)N(c2ccccc2)O1. The molecule has 1 saturated heterocycles. The first-order valence-electron chi connectivity index (χ1n) is 7.91. The molecule has 25 heavy (non-hydrogen) atoms. The lowest BCUT2D eigenvalue weighted by Gasteiger charge is -2.27. The maximum Gasteiger partial charge on any atom is 0.305 e. The van der Waals surface area contributed by atoms with Gasteiger partial charge in [-0.05, 0) is 29.8 Å². The lowest BCUT2D eigenvalue weighted by molar-refractivity contribution is -0.213. The Hall–Kier alpha value is -2.18. The number of hydrogen-bond donors (Lipinski definition) is 0. The Kier molecular flexibility index (Phi) is 4.92. The number of esters is 1. The van der Waals surface area contributed by atoms with E-state index in [0.29, 0.717) is 0 Å². The largest absolute Gasteiger partial charge is 0.423 e. The molecular weight excluding hydrogens is 386 g/mol. The number of ether oxygens (including phenoxy) is 1. The predicted octanol–water partition coefficient (Wildman–Crippen LogP) is 4.18. The van der Waals surface area contributed by atoms with E-state index in [9.17, 15) is 9.59 Å². The third kappa shape index (κ3) is 3.60. The molecule has 0 amide bonds. The summed E-state index contributed by atoms with van der Waals surface area (Å²) in [6.45, 7) is 2.64. The Morgan fingerprint density at radius 1 is 1.12 bits per heavy atom. The van der Waals surface area contributed by atoms with Crippen LogP contribution in [-0.2, 0) is 19.2 Å². The summed E-state index contributed by atoms with van der Waals surface area (Å²) in [5, 5.41) is 1.65. The van der Waals surface area contributed by atoms with Crippen LogP contribution in [0.2, 0.25) is 0 Å². The highest BCUT2D eigenvalue weighted by Gasteiger charge is 2.53. The summed E-state index contributed by atoms with van der Waals surface area (Å²) in [6, 6.07) is 16.9. The number of benzene rings is 2. The van der Waals surface area contributed by atoms with Crippen molar-refractivity contribution < 1.29 is 19.2 Å². The summed E-state index contributed by atoms with van der Waals surface area (Å²) >= 11 is 3.42. The second-order valence-electron chi connectivity index (χ2n) is 5.93. The monoisotopic (exact) mass is 403 g/mol. The Balaban J connectivity index is 2.04. The first kappa shape index (κ1) is 17.6. The van der Waals surface area contributed by atoms with E-state index in [1.807, 2.05) is 54.6 Å². The molecule has 2 aromatic carbocycles. The van der Waals surface area contributed by atoms with Crippen molar-refractivity contribution in [1.82, 2.24) is 0 Å². The molecule has 1 heterocycles. The van der Waals surface area contributed by atoms with Crippen LogP contribution in [0.5, 0.6) is 0 Å². The van der Waals surface area contributed by atoms with Gasteiger partial charge in [0, 0.05) is 18.3 Å². The van der Waals surface area contributed by atoms with Crippen molar-refractivity contribution >= 4 is 33.4 Å². The molecule has 0 aliphatic carbocycles. The van der Waals surface area contributed by atoms with Gasteiger partial charge in [0.15, 0.2) is 0 Å². The second kappa shape index (κ2) is 6.98. The van der Waals surface area contributed by atoms with E-state index in [1.54, 1.807) is 5.06 Å². The number of halogens is 1. The van der Waals surface area contributed by atoms with E-state index in [2.05, 4.69) is 15.9 Å². The quantitative estimate of drug-likeness (QED) is 0.716. The maximum atomic E-state index is 12.3. The number of anilines is 1. The van der Waals surface area contributed by atoms with Gasteiger partial charge in [-0.25, -0.2) is 9.90 Å². The van der Waals surface area contributed by atoms with Gasteiger partial charge in [-0.3, -0.25) is 9.59 Å². The number of nitrogens with zero attached hydrogens (tertiary/aromatic N) is 1. The number of ketones is 1. The second-order valence-corrected chi connectivity index (χ2v) is 6.84. The van der Waals surface area contributed by atoms with Gasteiger partial charge < -0.3 is 4.74 Å². The fourth-order valence-corrected chi connectivity index (χ4v) is 3.18. The highest BCUT2D eigenvalue weighted by atomic mass is 79.9. The highest BCUT2D eigenvalue weighted by molar-refractivity contribution is 9.10. The van der Waals surface area contributed by atoms with Gasteiger partial charge >= 0.3 is 5.97 Å². The van der Waals surface area contributed by atoms with Crippen LogP contribution in [-0.4, -0.2) is 17.5 Å². The summed E-state index contributed by atoms with van der Waals surface area (Å²) in [4.78, 5) is 29.8. The van der Waals surface area contributed by atoms with Gasteiger partial charge in [-0.15, -0.1) is 0 Å². The number of hydroxylamine groups is 1. The molecule has 0 N–H and O–H groups in total. The zero-order valence-electron chi connectivity index (χ0n) is 13.9. The number of rotatable bonds is 4. The van der Waals surface area contributed by atoms with E-state index in [-0.39, 0.29) is 18.2 Å². The van der Waals surface area contributed by atoms with Crippen LogP contribution in [0.4, 0.5) is 5.69 Å². The van der Waals surface area contributed by atoms with Crippen molar-refractivity contribution in [2.24, 2.45) is 0 Å². The minimum Gasteiger partial charge on any atom is -0.423 e. The van der Waals surface area contributed by atoms with Crippen molar-refractivity contribution in [1.29, 1.82) is 0 Å². The van der Waals surface area contributed by atoms with Crippen molar-refractivity contribution in [2.75, 3.05) is 5.06 Å². The molecule has 0 bridgehead atoms. The van der Waals surface area contributed by atoms with Gasteiger partial charge in [0.05, 0.1) is 18.2 Å². The molecule has 0 unspecified atom stereocenters. The zero-order valence-corrected chi connectivity index (χ0v) is 15.5. The number of carbonyl (C=O) groups is 2. The molecule has 5 nitrogen and oxygen atoms in total. The molecule has 1 aliphatic heterocycles. The molecule has 2 atom stereocenters. The number of hydrogen-bond acceptors (Lipinski definition) is 5. The summed E-state index contributed by atoms with van der Waals surface area (Å²) in [5.41, 5.74) is 1.74. The van der Waals surface area contributed by atoms with Crippen molar-refractivity contribution in [2.45, 2.75) is 32.1 Å². The lowest BCUT2D eigenvalue weighted by Crippen LogP contribution is -2.42. The van der Waals surface area contributed by atoms with E-state index >= 15 is 0 Å². The van der Waals surface area contributed by atoms with E-state index < -0.39 is 11.8 Å². The van der Waals surface area contributed by atoms with Crippen LogP contribution in [0.25, 0.3) is 0 Å². The van der Waals surface area contributed by atoms with E-state index in [1.165, 1.54) is 13.8 Å². The molecule has 130 valence electrons. The van der Waals surface area contributed by atoms with Crippen molar-refractivity contribution in [3.05, 3.63) is 64.6 Å². The fourth-order valence-electron chi connectivity index (χ4n) is 2.92. The third-order valence-corrected chi connectivity index (χ3v) is 4.63. The zero-order chi connectivity index (χ0) is 18.0. The molecule has 1 fully saturated rings. The predicted molar refractivity (Wildman–Crippen MR) is 96.7 cm³/mol. The van der Waals surface area contributed by atoms with Crippen LogP contribution < -0.4 is 5.06 Å². The maximum absolute atomic E-state index is 12.3. The summed E-state index contributed by atoms with van der Waals surface area (Å²) in [6.07, 6.45) is 0.221. The van der Waals surface area contributed by atoms with Crippen LogP contribution in [0.3, 0.4) is 0 Å². The van der Waals surface area contributed by atoms with Gasteiger partial charge in [-0.2, -0.15) is 0 Å². The molecule has 0 spiro atoms. The molecule has 1 aliphatic rings. The summed E-state index contributed by atoms with van der Waals surface area (Å²) in [7, 11) is 0. The standard InChI is InChI=1S/C19H18BrNO4/c1-13(22)19(24-14(2)23)12-18(15-8-10-16(20)11-9-15)21(25-19)17-6-4-3-5-7-17/h3-11,18H,12H2,1-2H3/t18-,19+/m1/s1. The topological polar surface area (TPSA) is 55.8 Å². The molecule has 6 heteroatoms. The number of carbonyl (C=O) groups excluding carboxylic acids is 2. The molecular formula is C19H18BrNO4. The van der Waals surface area contributed by atoms with Crippen molar-refractivity contribution in [3.63, 3.8) is 0 Å². The fraction of sp³-hybridized carbons (Fsp3) is 0.263. The normalized spacial score (nSPS) is 22.7. The van der Waals surface area contributed by atoms with Crippen LogP contribution in [0, 0.1) is 0 Å². The number of Topliss-reactive ketones (excluding diaryl/α,β-unsaturated/α-hetero) is 1. The average Bonchev–Trinajstić information content (AvgIpc) is 2.96. The Morgan fingerprint density at radius 3 is 2.32 bits per heavy atom. The minimum absolute atomic E-state index is 0.221. The summed E-state index contributed by atoms with van der Waals surface area (Å²) in [5.74, 6) is -2.51. The molecule has 0 saturated carbocycles. The Labute approximate surface area is 154 Å². The first-order valence-corrected chi connectivity index (χ1v) is 8.70. The Morgan fingerprint density at radius 2 is 1.76 bits per heavy atom. The summed E-state index contributed by atoms with van der Waals surface area (Å²) < 4.78 is 6.28. The minimum atomic E-state index is -1.61. The van der Waals surface area contributed by atoms with Gasteiger partial charge in [0.2, 0.25) is 5.78 Å². The van der Waals surface area contributed by atoms with Gasteiger partial charge in [0.1, 0.15) is 0 Å². The molecule has 0 aromatic heterocycles. The lowest BCUT2D eigenvalue weighted by atomic mass is 9.97. The van der Waals surface area contributed by atoms with E-state index in [4.69, 9.17) is 9.57 Å². The molecule has 2 aromatic rings. The molecule has 0 radical (unpaired) electrons. The number of para-hydroxylation sites is 1. The van der Waals surface area contributed by atoms with E-state index in [0.717, 1.165) is 15.7 Å². The van der Waals surface area contributed by atoms with Gasteiger partial charge in [-0.1, -0.05) is 46.3 Å². The van der Waals surface area contributed by atoms with Crippen LogP contribution in [0.1, 0.15) is 31.9 Å². The first-order chi connectivity index (χ1) is 11.9. The van der Waals surface area contributed by atoms with Crippen LogP contribution in [0.15, 0.2) is 59.1 Å². The Bertz CT molecular complexity index is 778. The average molecular weight is 404 g/mol. The van der Waals surface area contributed by atoms with Gasteiger partial charge in [0.25, 0.3) is 5.79 Å². The van der Waals surface area contributed by atoms with Crippen LogP contribution >= 0.6 is 15.9 Å². The smallest absolute Gasteiger partial charge is 0.305 e. The highest BCUT2D eigenvalue weighted by Crippen LogP contribution is 2.44. The molecule has 3 rings (SSSR count).